The van der Waals surface area contributed by atoms with Gasteiger partial charge in [-0.3, -0.25) is 0 Å². The van der Waals surface area contributed by atoms with Gasteiger partial charge < -0.3 is 19.3 Å². The van der Waals surface area contributed by atoms with E-state index in [0.717, 1.165) is 16.3 Å². The van der Waals surface area contributed by atoms with E-state index in [9.17, 15) is 9.90 Å². The molecule has 128 valence electrons. The fourth-order valence-corrected chi connectivity index (χ4v) is 3.36. The highest BCUT2D eigenvalue weighted by Gasteiger charge is 2.41. The molecule has 8 heteroatoms. The topological polar surface area (TPSA) is 73.7 Å². The number of quaternary nitrogens is 1. The molecule has 1 unspecified atom stereocenters. The third-order valence-electron chi connectivity index (χ3n) is 4.41. The quantitative estimate of drug-likeness (QED) is 0.589. The van der Waals surface area contributed by atoms with Crippen molar-refractivity contribution in [1.29, 1.82) is 0 Å². The Labute approximate surface area is 145 Å². The summed E-state index contributed by atoms with van der Waals surface area (Å²) >= 11 is 5.48. The summed E-state index contributed by atoms with van der Waals surface area (Å²) < 4.78 is 8.98. The molecule has 0 amide bonds. The number of nitrogens with one attached hydrogen (secondary N) is 1. The predicted molar refractivity (Wildman–Crippen MR) is 89.7 cm³/mol. The first-order chi connectivity index (χ1) is 11.5. The van der Waals surface area contributed by atoms with E-state index in [0.29, 0.717) is 24.4 Å². The Hall–Kier alpha value is -2.03. The molecule has 2 aromatic rings. The molecule has 0 bridgehead atoms. The van der Waals surface area contributed by atoms with Crippen LogP contribution in [0.25, 0.3) is 11.4 Å². The number of aliphatic hydroxyl groups is 1. The van der Waals surface area contributed by atoms with Crippen LogP contribution in [0.2, 0.25) is 0 Å². The van der Waals surface area contributed by atoms with Crippen molar-refractivity contribution in [2.45, 2.75) is 25.2 Å². The normalized spacial score (nSPS) is 23.4. The van der Waals surface area contributed by atoms with E-state index < -0.39 is 12.1 Å². The number of hydrogen-bond acceptors (Lipinski definition) is 5. The number of ether oxygens (including phenoxy) is 1. The molecule has 1 aromatic heterocycles. The molecular formula is C16H21N4O3S+. The van der Waals surface area contributed by atoms with Gasteiger partial charge in [-0.1, -0.05) is 30.3 Å². The van der Waals surface area contributed by atoms with E-state index in [1.165, 1.54) is 7.11 Å². The van der Waals surface area contributed by atoms with Gasteiger partial charge in [0.05, 0.1) is 7.11 Å². The molecule has 1 aromatic carbocycles. The largest absolute Gasteiger partial charge is 0.465 e. The minimum atomic E-state index is -0.518. The van der Waals surface area contributed by atoms with Gasteiger partial charge in [-0.25, -0.2) is 4.79 Å². The highest BCUT2D eigenvalue weighted by Crippen LogP contribution is 2.16. The highest BCUT2D eigenvalue weighted by atomic mass is 32.1. The van der Waals surface area contributed by atoms with E-state index >= 15 is 0 Å². The monoisotopic (exact) mass is 349 g/mol. The molecule has 2 heterocycles. The Balaban J connectivity index is 1.88. The second-order valence-electron chi connectivity index (χ2n) is 6.02. The predicted octanol–water partition coefficient (Wildman–Crippen LogP) is -0.233. The zero-order valence-corrected chi connectivity index (χ0v) is 14.5. The van der Waals surface area contributed by atoms with Gasteiger partial charge in [0.25, 0.3) is 0 Å². The van der Waals surface area contributed by atoms with Crippen LogP contribution in [0.4, 0.5) is 0 Å². The van der Waals surface area contributed by atoms with Crippen LogP contribution in [0.15, 0.2) is 30.3 Å². The van der Waals surface area contributed by atoms with Crippen molar-refractivity contribution in [3.8, 4) is 11.4 Å². The van der Waals surface area contributed by atoms with E-state index in [1.54, 1.807) is 4.68 Å². The lowest BCUT2D eigenvalue weighted by atomic mass is 10.2. The maximum atomic E-state index is 11.9. The van der Waals surface area contributed by atoms with Crippen molar-refractivity contribution in [2.24, 2.45) is 7.05 Å². The molecule has 1 aliphatic rings. The summed E-state index contributed by atoms with van der Waals surface area (Å²) in [5.41, 5.74) is 0.978. The van der Waals surface area contributed by atoms with Crippen molar-refractivity contribution in [1.82, 2.24) is 14.3 Å². The minimum Gasteiger partial charge on any atom is -0.465 e. The third-order valence-corrected chi connectivity index (χ3v) is 4.89. The van der Waals surface area contributed by atoms with Gasteiger partial charge in [0.2, 0.25) is 4.77 Å². The van der Waals surface area contributed by atoms with Gasteiger partial charge in [0.1, 0.15) is 12.6 Å². The number of hydrogen-bond donors (Lipinski definition) is 2. The molecule has 2 N–H and O–H groups in total. The average Bonchev–Trinajstić information content (AvgIpc) is 3.10. The second kappa shape index (κ2) is 6.84. The van der Waals surface area contributed by atoms with Gasteiger partial charge in [0.15, 0.2) is 18.5 Å². The van der Waals surface area contributed by atoms with Crippen LogP contribution in [0.5, 0.6) is 0 Å². The number of carbonyl (C=O) groups excluding carboxylic acids is 1. The zero-order valence-electron chi connectivity index (χ0n) is 13.7. The summed E-state index contributed by atoms with van der Waals surface area (Å²) in [5.74, 6) is 0.460. The smallest absolute Gasteiger partial charge is 0.364 e. The summed E-state index contributed by atoms with van der Waals surface area (Å²) in [7, 11) is 3.24. The second-order valence-corrected chi connectivity index (χ2v) is 6.38. The summed E-state index contributed by atoms with van der Waals surface area (Å²) in [6, 6.07) is 9.41. The van der Waals surface area contributed by atoms with Crippen LogP contribution in [-0.4, -0.2) is 51.2 Å². The highest BCUT2D eigenvalue weighted by molar-refractivity contribution is 7.71. The van der Waals surface area contributed by atoms with Crippen molar-refractivity contribution in [2.75, 3.05) is 13.7 Å². The molecule has 3 rings (SSSR count). The molecule has 1 fully saturated rings. The van der Waals surface area contributed by atoms with E-state index in [2.05, 4.69) is 5.10 Å². The summed E-state index contributed by atoms with van der Waals surface area (Å²) in [6.07, 6.45) is -0.121. The number of aromatic nitrogens is 3. The number of rotatable bonds is 4. The van der Waals surface area contributed by atoms with Crippen molar-refractivity contribution < 1.29 is 19.5 Å². The molecule has 1 aliphatic heterocycles. The fraction of sp³-hybridized carbons (Fsp3) is 0.438. The maximum absolute atomic E-state index is 11.9. The lowest BCUT2D eigenvalue weighted by molar-refractivity contribution is -0.928. The fourth-order valence-electron chi connectivity index (χ4n) is 3.17. The number of nitrogens with zero attached hydrogens (tertiary/aromatic N) is 3. The van der Waals surface area contributed by atoms with Crippen LogP contribution < -0.4 is 4.90 Å². The lowest BCUT2D eigenvalue weighted by Gasteiger charge is -2.18. The van der Waals surface area contributed by atoms with Crippen LogP contribution in [0.3, 0.4) is 0 Å². The third kappa shape index (κ3) is 3.12. The van der Waals surface area contributed by atoms with Gasteiger partial charge in [0, 0.05) is 19.0 Å². The van der Waals surface area contributed by atoms with Crippen molar-refractivity contribution in [3.05, 3.63) is 35.1 Å². The minimum absolute atomic E-state index is 0.313. The number of carbonyl (C=O) groups is 1. The molecule has 7 nitrogen and oxygen atoms in total. The standard InChI is InChI=1S/C16H20N4O3S/c1-18-14(11-6-4-3-5-7-11)17-20(16(18)24)10-19-9-12(21)8-13(19)15(22)23-2/h3-7,12-13,21H,8-10H2,1-2H3/p+1/t12-,13+/m1/s1. The van der Waals surface area contributed by atoms with Crippen LogP contribution in [0.1, 0.15) is 6.42 Å². The number of likely N-dealkylation sites (tertiary alicyclic amines) is 1. The molecule has 1 saturated heterocycles. The van der Waals surface area contributed by atoms with Crippen LogP contribution >= 0.6 is 12.2 Å². The SMILES string of the molecule is COC(=O)[C@@H]1C[C@@H](O)C[NH+]1Cn1nc(-c2ccccc2)n(C)c1=S. The first kappa shape index (κ1) is 16.8. The average molecular weight is 349 g/mol. The van der Waals surface area contributed by atoms with Crippen LogP contribution in [0, 0.1) is 4.77 Å². The summed E-state index contributed by atoms with van der Waals surface area (Å²) in [4.78, 5) is 12.8. The Kier molecular flexibility index (Phi) is 4.79. The van der Waals surface area contributed by atoms with E-state index in [1.807, 2.05) is 41.9 Å². The van der Waals surface area contributed by atoms with E-state index in [4.69, 9.17) is 17.0 Å². The number of benzene rings is 1. The Morgan fingerprint density at radius 3 is 2.83 bits per heavy atom. The molecule has 0 saturated carbocycles. The Morgan fingerprint density at radius 2 is 2.17 bits per heavy atom. The first-order valence-electron chi connectivity index (χ1n) is 7.81. The van der Waals surface area contributed by atoms with Crippen molar-refractivity contribution in [3.63, 3.8) is 0 Å². The van der Waals surface area contributed by atoms with Gasteiger partial charge >= 0.3 is 5.97 Å². The maximum Gasteiger partial charge on any atom is 0.364 e. The molecule has 0 radical (unpaired) electrons. The molecule has 0 spiro atoms. The molecule has 3 atom stereocenters. The molecule has 24 heavy (non-hydrogen) atoms. The first-order valence-corrected chi connectivity index (χ1v) is 8.21. The summed E-state index contributed by atoms with van der Waals surface area (Å²) in [5, 5.41) is 14.5. The Bertz CT molecular complexity index is 786. The lowest BCUT2D eigenvalue weighted by Crippen LogP contribution is -3.14. The number of esters is 1. The van der Waals surface area contributed by atoms with E-state index in [-0.39, 0.29) is 5.97 Å². The zero-order chi connectivity index (χ0) is 17.3. The number of aliphatic hydroxyl groups excluding tert-OH is 1. The van der Waals surface area contributed by atoms with Crippen molar-refractivity contribution >= 4 is 18.2 Å². The molecular weight excluding hydrogens is 328 g/mol. The van der Waals surface area contributed by atoms with Gasteiger partial charge in [-0.05, 0) is 12.2 Å². The number of methoxy groups -OCH3 is 1. The summed E-state index contributed by atoms with van der Waals surface area (Å²) in [6.45, 7) is 0.884. The van der Waals surface area contributed by atoms with Gasteiger partial charge in [-0.2, -0.15) is 4.68 Å². The van der Waals surface area contributed by atoms with Gasteiger partial charge in [-0.15, -0.1) is 5.10 Å². The Morgan fingerprint density at radius 1 is 1.46 bits per heavy atom. The van der Waals surface area contributed by atoms with Crippen LogP contribution in [-0.2, 0) is 23.2 Å². The molecule has 0 aliphatic carbocycles.